The van der Waals surface area contributed by atoms with Crippen LogP contribution in [0.1, 0.15) is 28.2 Å². The molecule has 0 saturated carbocycles. The monoisotopic (exact) mass is 448 g/mol. The Hall–Kier alpha value is -4.58. The molecular weight excluding hydrogens is 424 g/mol. The Labute approximate surface area is 197 Å². The SMILES string of the molecule is COc1cc(OCc2ccncc2)ccc1/C=C/c1cc(/C=C/c2cc3ccccc3[nH]2)[nH]n1. The lowest BCUT2D eigenvalue weighted by molar-refractivity contribution is 0.303. The molecule has 6 heteroatoms. The molecule has 0 aliphatic rings. The minimum absolute atomic E-state index is 0.475. The number of pyridine rings is 1. The van der Waals surface area contributed by atoms with Crippen LogP contribution in [0.5, 0.6) is 11.5 Å². The number of benzene rings is 2. The van der Waals surface area contributed by atoms with Gasteiger partial charge in [-0.25, -0.2) is 0 Å². The van der Waals surface area contributed by atoms with Gasteiger partial charge < -0.3 is 14.5 Å². The minimum atomic E-state index is 0.475. The Balaban J connectivity index is 1.24. The fourth-order valence-electron chi connectivity index (χ4n) is 3.63. The average Bonchev–Trinajstić information content (AvgIpc) is 3.52. The molecule has 0 aliphatic carbocycles. The number of nitrogens with one attached hydrogen (secondary N) is 2. The summed E-state index contributed by atoms with van der Waals surface area (Å²) in [6.45, 7) is 0.475. The fraction of sp³-hybridized carbons (Fsp3) is 0.0714. The zero-order valence-electron chi connectivity index (χ0n) is 18.7. The van der Waals surface area contributed by atoms with Crippen molar-refractivity contribution in [2.45, 2.75) is 6.61 Å². The number of ether oxygens (including phenoxy) is 2. The summed E-state index contributed by atoms with van der Waals surface area (Å²) in [5, 5.41) is 8.63. The molecule has 6 nitrogen and oxygen atoms in total. The first-order chi connectivity index (χ1) is 16.8. The number of rotatable bonds is 8. The van der Waals surface area contributed by atoms with Gasteiger partial charge in [0.15, 0.2) is 0 Å². The highest BCUT2D eigenvalue weighted by atomic mass is 16.5. The number of H-pyrrole nitrogens is 2. The van der Waals surface area contributed by atoms with Crippen molar-refractivity contribution in [2.24, 2.45) is 0 Å². The molecule has 0 fully saturated rings. The van der Waals surface area contributed by atoms with Gasteiger partial charge in [-0.3, -0.25) is 10.1 Å². The van der Waals surface area contributed by atoms with Gasteiger partial charge in [0.2, 0.25) is 0 Å². The van der Waals surface area contributed by atoms with E-state index in [0.717, 1.165) is 45.2 Å². The van der Waals surface area contributed by atoms with E-state index >= 15 is 0 Å². The van der Waals surface area contributed by atoms with Crippen LogP contribution in [0.3, 0.4) is 0 Å². The van der Waals surface area contributed by atoms with Crippen LogP contribution in [0, 0.1) is 0 Å². The van der Waals surface area contributed by atoms with Crippen molar-refractivity contribution in [1.82, 2.24) is 20.2 Å². The van der Waals surface area contributed by atoms with Gasteiger partial charge >= 0.3 is 0 Å². The van der Waals surface area contributed by atoms with E-state index in [2.05, 4.69) is 38.4 Å². The molecule has 0 unspecified atom stereocenters. The molecule has 5 rings (SSSR count). The normalized spacial score (nSPS) is 11.6. The van der Waals surface area contributed by atoms with E-state index < -0.39 is 0 Å². The predicted molar refractivity (Wildman–Crippen MR) is 136 cm³/mol. The van der Waals surface area contributed by atoms with Crippen LogP contribution in [0.15, 0.2) is 79.1 Å². The molecule has 5 aromatic rings. The first-order valence-electron chi connectivity index (χ1n) is 11.0. The third-order valence-electron chi connectivity index (χ3n) is 5.40. The van der Waals surface area contributed by atoms with Crippen LogP contribution in [0.4, 0.5) is 0 Å². The molecule has 3 aromatic heterocycles. The lowest BCUT2D eigenvalue weighted by Gasteiger charge is -2.10. The van der Waals surface area contributed by atoms with Crippen molar-refractivity contribution < 1.29 is 9.47 Å². The predicted octanol–water partition coefficient (Wildman–Crippen LogP) is 6.21. The van der Waals surface area contributed by atoms with Crippen molar-refractivity contribution in [1.29, 1.82) is 0 Å². The average molecular weight is 449 g/mol. The van der Waals surface area contributed by atoms with Crippen LogP contribution in [0.2, 0.25) is 0 Å². The maximum atomic E-state index is 5.88. The van der Waals surface area contributed by atoms with Crippen molar-refractivity contribution >= 4 is 35.2 Å². The summed E-state index contributed by atoms with van der Waals surface area (Å²) in [6, 6.07) is 22.0. The van der Waals surface area contributed by atoms with E-state index in [1.165, 1.54) is 5.39 Å². The highest BCUT2D eigenvalue weighted by Gasteiger charge is 2.04. The Kier molecular flexibility index (Phi) is 6.21. The van der Waals surface area contributed by atoms with Crippen molar-refractivity contribution in [2.75, 3.05) is 7.11 Å². The number of hydrogen-bond donors (Lipinski definition) is 2. The van der Waals surface area contributed by atoms with E-state index in [9.17, 15) is 0 Å². The standard InChI is InChI=1S/C28H24N4O2/c1-33-28-18-26(34-19-20-12-14-29-15-13-20)11-7-21(28)6-8-24-17-25(32-31-24)10-9-23-16-22-4-2-3-5-27(22)30-23/h2-18,30H,19H2,1H3,(H,31,32)/b8-6+,10-9+. The Morgan fingerprint density at radius 3 is 2.56 bits per heavy atom. The molecule has 34 heavy (non-hydrogen) atoms. The molecule has 0 bridgehead atoms. The number of fused-ring (bicyclic) bond motifs is 1. The van der Waals surface area contributed by atoms with Gasteiger partial charge in [0.05, 0.1) is 18.5 Å². The molecule has 0 amide bonds. The van der Waals surface area contributed by atoms with E-state index in [4.69, 9.17) is 9.47 Å². The maximum absolute atomic E-state index is 5.88. The number of hydrogen-bond acceptors (Lipinski definition) is 4. The molecule has 2 N–H and O–H groups in total. The van der Waals surface area contributed by atoms with Crippen LogP contribution in [0.25, 0.3) is 35.2 Å². The summed E-state index contributed by atoms with van der Waals surface area (Å²) >= 11 is 0. The Morgan fingerprint density at radius 1 is 0.853 bits per heavy atom. The quantitative estimate of drug-likeness (QED) is 0.296. The molecule has 0 spiro atoms. The summed E-state index contributed by atoms with van der Waals surface area (Å²) in [5.74, 6) is 1.48. The van der Waals surface area contributed by atoms with Crippen LogP contribution in [-0.2, 0) is 6.61 Å². The molecular formula is C28H24N4O2. The second kappa shape index (κ2) is 9.92. The number of methoxy groups -OCH3 is 1. The topological polar surface area (TPSA) is 75.8 Å². The second-order valence-corrected chi connectivity index (χ2v) is 7.77. The summed E-state index contributed by atoms with van der Waals surface area (Å²) < 4.78 is 11.4. The molecule has 0 atom stereocenters. The van der Waals surface area contributed by atoms with Gasteiger partial charge in [-0.15, -0.1) is 0 Å². The summed E-state index contributed by atoms with van der Waals surface area (Å²) in [5.41, 5.74) is 5.92. The highest BCUT2D eigenvalue weighted by molar-refractivity contribution is 5.84. The number of aromatic amines is 2. The fourth-order valence-corrected chi connectivity index (χ4v) is 3.63. The summed E-state index contributed by atoms with van der Waals surface area (Å²) in [4.78, 5) is 7.42. The maximum Gasteiger partial charge on any atom is 0.129 e. The van der Waals surface area contributed by atoms with Gasteiger partial charge in [-0.2, -0.15) is 5.10 Å². The second-order valence-electron chi connectivity index (χ2n) is 7.77. The third kappa shape index (κ3) is 5.07. The largest absolute Gasteiger partial charge is 0.496 e. The van der Waals surface area contributed by atoms with E-state index in [0.29, 0.717) is 6.61 Å². The number of para-hydroxylation sites is 1. The number of aromatic nitrogens is 4. The number of nitrogens with zero attached hydrogens (tertiary/aromatic N) is 2. The van der Waals surface area contributed by atoms with Crippen LogP contribution < -0.4 is 9.47 Å². The van der Waals surface area contributed by atoms with Gasteiger partial charge in [0, 0.05) is 35.2 Å². The molecule has 3 heterocycles. The highest BCUT2D eigenvalue weighted by Crippen LogP contribution is 2.27. The lowest BCUT2D eigenvalue weighted by atomic mass is 10.1. The van der Waals surface area contributed by atoms with Crippen LogP contribution >= 0.6 is 0 Å². The van der Waals surface area contributed by atoms with E-state index in [1.54, 1.807) is 19.5 Å². The van der Waals surface area contributed by atoms with Gasteiger partial charge in [0.25, 0.3) is 0 Å². The smallest absolute Gasteiger partial charge is 0.129 e. The first kappa shape index (κ1) is 21.3. The summed E-state index contributed by atoms with van der Waals surface area (Å²) in [6.07, 6.45) is 11.5. The van der Waals surface area contributed by atoms with Gasteiger partial charge in [-0.1, -0.05) is 18.2 Å². The molecule has 0 radical (unpaired) electrons. The summed E-state index contributed by atoms with van der Waals surface area (Å²) in [7, 11) is 1.65. The van der Waals surface area contributed by atoms with E-state index in [-0.39, 0.29) is 0 Å². The van der Waals surface area contributed by atoms with Crippen molar-refractivity contribution in [3.05, 3.63) is 107 Å². The van der Waals surface area contributed by atoms with Crippen molar-refractivity contribution in [3.8, 4) is 11.5 Å². The van der Waals surface area contributed by atoms with Crippen LogP contribution in [-0.4, -0.2) is 27.3 Å². The Bertz CT molecular complexity index is 1410. The Morgan fingerprint density at radius 2 is 1.71 bits per heavy atom. The molecule has 0 saturated heterocycles. The minimum Gasteiger partial charge on any atom is -0.496 e. The third-order valence-corrected chi connectivity index (χ3v) is 5.40. The molecule has 0 aliphatic heterocycles. The van der Waals surface area contributed by atoms with Crippen molar-refractivity contribution in [3.63, 3.8) is 0 Å². The zero-order valence-corrected chi connectivity index (χ0v) is 18.7. The zero-order chi connectivity index (χ0) is 23.2. The molecule has 168 valence electrons. The van der Waals surface area contributed by atoms with Gasteiger partial charge in [-0.05, 0) is 77.7 Å². The lowest BCUT2D eigenvalue weighted by Crippen LogP contribution is -1.96. The first-order valence-corrected chi connectivity index (χ1v) is 11.0. The van der Waals surface area contributed by atoms with Gasteiger partial charge in [0.1, 0.15) is 18.1 Å². The molecule has 2 aromatic carbocycles. The van der Waals surface area contributed by atoms with E-state index in [1.807, 2.05) is 72.8 Å².